The number of hydrogen-bond acceptors (Lipinski definition) is 6. The lowest BCUT2D eigenvalue weighted by atomic mass is 9.99. The van der Waals surface area contributed by atoms with Gasteiger partial charge in [-0.25, -0.2) is 13.7 Å². The van der Waals surface area contributed by atoms with Gasteiger partial charge in [-0.3, -0.25) is 0 Å². The van der Waals surface area contributed by atoms with Gasteiger partial charge in [0, 0.05) is 22.1 Å². The maximum absolute atomic E-state index is 13.8. The van der Waals surface area contributed by atoms with Crippen LogP contribution in [0, 0.1) is 11.5 Å². The molecule has 0 aliphatic heterocycles. The van der Waals surface area contributed by atoms with Crippen molar-refractivity contribution in [2.24, 2.45) is 0 Å². The molecule has 0 fully saturated rings. The average Bonchev–Trinajstić information content (AvgIpc) is 3.43. The van der Waals surface area contributed by atoms with Gasteiger partial charge >= 0.3 is 5.97 Å². The van der Waals surface area contributed by atoms with Crippen molar-refractivity contribution < 1.29 is 22.9 Å². The molecule has 4 aromatic rings. The van der Waals surface area contributed by atoms with E-state index in [1.54, 1.807) is 54.7 Å². The Morgan fingerprint density at radius 1 is 1.06 bits per heavy atom. The highest BCUT2D eigenvalue weighted by atomic mass is 32.2. The summed E-state index contributed by atoms with van der Waals surface area (Å²) in [7, 11) is -1.76. The maximum Gasteiger partial charge on any atom is 0.342 e. The molecule has 7 nitrogen and oxygen atoms in total. The van der Waals surface area contributed by atoms with E-state index in [9.17, 15) is 14.3 Å². The van der Waals surface area contributed by atoms with Crippen molar-refractivity contribution in [3.05, 3.63) is 108 Å². The number of benzene rings is 3. The number of methoxy groups -OCH3 is 1. The summed E-state index contributed by atoms with van der Waals surface area (Å²) in [6, 6.07) is 22.9. The molecule has 1 heterocycles. The van der Waals surface area contributed by atoms with Crippen LogP contribution in [0.1, 0.15) is 21.5 Å². The standard InChI is InChI=1S/C27H22N2O5S/c1-32-26-24(21-14-15-33-17-21)13-12-22(18-35(31,29-19-28)23-10-6-3-7-11-23)25(26)27(30)34-16-20-8-4-2-5-9-20/h2-15,17-18H,16H2,1H3,(H,29,31). The fourth-order valence-corrected chi connectivity index (χ4v) is 5.15. The van der Waals surface area contributed by atoms with Gasteiger partial charge in [-0.05, 0) is 29.8 Å². The van der Waals surface area contributed by atoms with Crippen molar-refractivity contribution in [3.8, 4) is 23.1 Å². The summed E-state index contributed by atoms with van der Waals surface area (Å²) in [6.07, 6.45) is 4.82. The Bertz CT molecular complexity index is 1470. The Labute approximate surface area is 203 Å². The van der Waals surface area contributed by atoms with Crippen LogP contribution in [0.5, 0.6) is 5.75 Å². The quantitative estimate of drug-likeness (QED) is 0.166. The Morgan fingerprint density at radius 3 is 2.40 bits per heavy atom. The van der Waals surface area contributed by atoms with Gasteiger partial charge in [0.05, 0.1) is 34.2 Å². The topological polar surface area (TPSA) is 102 Å². The highest BCUT2D eigenvalue weighted by Gasteiger charge is 2.24. The van der Waals surface area contributed by atoms with Gasteiger partial charge in [-0.1, -0.05) is 54.6 Å². The number of nitrogens with zero attached hydrogens (tertiary/aromatic N) is 1. The predicted octanol–water partition coefficient (Wildman–Crippen LogP) is 4.79. The number of hydrogen-bond donors (Lipinski definition) is 1. The number of ether oxygens (including phenoxy) is 2. The molecule has 0 radical (unpaired) electrons. The fraction of sp³-hybridized carbons (Fsp3) is 0.0741. The first kappa shape index (κ1) is 23.7. The zero-order valence-corrected chi connectivity index (χ0v) is 19.7. The first-order valence-corrected chi connectivity index (χ1v) is 12.2. The first-order valence-electron chi connectivity index (χ1n) is 10.6. The van der Waals surface area contributed by atoms with Crippen molar-refractivity contribution in [3.63, 3.8) is 0 Å². The minimum absolute atomic E-state index is 0.0444. The molecule has 0 aliphatic carbocycles. The van der Waals surface area contributed by atoms with E-state index < -0.39 is 15.7 Å². The van der Waals surface area contributed by atoms with E-state index in [1.165, 1.54) is 25.0 Å². The molecule has 1 aromatic heterocycles. The van der Waals surface area contributed by atoms with Gasteiger partial charge < -0.3 is 13.9 Å². The average molecular weight is 487 g/mol. The second-order valence-electron chi connectivity index (χ2n) is 7.43. The van der Waals surface area contributed by atoms with E-state index in [1.807, 2.05) is 30.3 Å². The summed E-state index contributed by atoms with van der Waals surface area (Å²) in [5.41, 5.74) is 2.50. The molecule has 0 bridgehead atoms. The molecule has 3 aromatic carbocycles. The summed E-state index contributed by atoms with van der Waals surface area (Å²) in [6.45, 7) is 0.0444. The number of furan rings is 1. The molecule has 1 atom stereocenters. The van der Waals surface area contributed by atoms with Crippen molar-refractivity contribution in [1.29, 1.82) is 5.26 Å². The van der Waals surface area contributed by atoms with E-state index in [0.29, 0.717) is 21.6 Å². The Hall–Kier alpha value is -4.48. The van der Waals surface area contributed by atoms with Crippen molar-refractivity contribution in [1.82, 2.24) is 4.72 Å². The number of carbonyl (C=O) groups is 1. The van der Waals surface area contributed by atoms with Gasteiger partial charge in [0.1, 0.15) is 17.9 Å². The number of carbonyl (C=O) groups excluding carboxylic acids is 1. The SMILES string of the molecule is COc1c(-c2ccoc2)ccc(C=S(=O)(NC#N)c2ccccc2)c1C(=O)OCc1ccccc1. The smallest absolute Gasteiger partial charge is 0.342 e. The minimum Gasteiger partial charge on any atom is -0.495 e. The van der Waals surface area contributed by atoms with Crippen LogP contribution in [-0.4, -0.2) is 22.7 Å². The highest BCUT2D eigenvalue weighted by Crippen LogP contribution is 2.36. The lowest BCUT2D eigenvalue weighted by Crippen LogP contribution is -2.22. The summed E-state index contributed by atoms with van der Waals surface area (Å²) < 4.78 is 32.7. The van der Waals surface area contributed by atoms with Gasteiger partial charge in [0.2, 0.25) is 0 Å². The van der Waals surface area contributed by atoms with Crippen LogP contribution in [0.3, 0.4) is 0 Å². The molecular weight excluding hydrogens is 464 g/mol. The molecule has 0 spiro atoms. The first-order chi connectivity index (χ1) is 17.1. The van der Waals surface area contributed by atoms with E-state index in [-0.39, 0.29) is 17.9 Å². The third kappa shape index (κ3) is 5.21. The Balaban J connectivity index is 1.88. The molecule has 0 saturated heterocycles. The van der Waals surface area contributed by atoms with E-state index >= 15 is 0 Å². The van der Waals surface area contributed by atoms with Crippen molar-refractivity contribution in [2.75, 3.05) is 7.11 Å². The molecular formula is C27H22N2O5S. The second-order valence-corrected chi connectivity index (χ2v) is 9.54. The molecule has 0 amide bonds. The van der Waals surface area contributed by atoms with Gasteiger partial charge in [0.25, 0.3) is 0 Å². The van der Waals surface area contributed by atoms with Crippen molar-refractivity contribution in [2.45, 2.75) is 11.5 Å². The Morgan fingerprint density at radius 2 is 1.77 bits per heavy atom. The number of rotatable bonds is 8. The van der Waals surface area contributed by atoms with Crippen LogP contribution < -0.4 is 9.46 Å². The number of nitriles is 1. The van der Waals surface area contributed by atoms with Gasteiger partial charge in [0.15, 0.2) is 6.19 Å². The predicted molar refractivity (Wildman–Crippen MR) is 133 cm³/mol. The van der Waals surface area contributed by atoms with Crippen molar-refractivity contribution >= 4 is 21.0 Å². The van der Waals surface area contributed by atoms with Crippen LogP contribution in [0.15, 0.2) is 101 Å². The molecule has 4 rings (SSSR count). The van der Waals surface area contributed by atoms with E-state index in [2.05, 4.69) is 4.72 Å². The molecule has 8 heteroatoms. The maximum atomic E-state index is 13.8. The van der Waals surface area contributed by atoms with E-state index in [4.69, 9.17) is 13.9 Å². The monoisotopic (exact) mass is 486 g/mol. The van der Waals surface area contributed by atoms with Gasteiger partial charge in [-0.2, -0.15) is 5.26 Å². The normalized spacial score (nSPS) is 12.1. The lowest BCUT2D eigenvalue weighted by Gasteiger charge is -2.17. The zero-order chi connectivity index (χ0) is 24.7. The minimum atomic E-state index is -3.20. The second kappa shape index (κ2) is 10.6. The van der Waals surface area contributed by atoms with Crippen LogP contribution in [0.25, 0.3) is 11.1 Å². The summed E-state index contributed by atoms with van der Waals surface area (Å²) in [4.78, 5) is 13.8. The molecule has 1 unspecified atom stereocenters. The zero-order valence-electron chi connectivity index (χ0n) is 18.8. The molecule has 1 N–H and O–H groups in total. The molecule has 0 aliphatic rings. The van der Waals surface area contributed by atoms with Gasteiger partial charge in [-0.15, -0.1) is 0 Å². The Kier molecular flexibility index (Phi) is 7.19. The highest BCUT2D eigenvalue weighted by molar-refractivity contribution is 8.00. The largest absolute Gasteiger partial charge is 0.495 e. The molecule has 0 saturated carbocycles. The number of nitrogens with one attached hydrogen (secondary N) is 1. The summed E-state index contributed by atoms with van der Waals surface area (Å²) in [5, 5.41) is 10.7. The van der Waals surface area contributed by atoms with E-state index in [0.717, 1.165) is 5.56 Å². The third-order valence-electron chi connectivity index (χ3n) is 5.23. The van der Waals surface area contributed by atoms with Crippen LogP contribution in [0.4, 0.5) is 0 Å². The molecule has 35 heavy (non-hydrogen) atoms. The fourth-order valence-electron chi connectivity index (χ4n) is 3.58. The molecule has 176 valence electrons. The summed E-state index contributed by atoms with van der Waals surface area (Å²) in [5.74, 6) is -0.418. The summed E-state index contributed by atoms with van der Waals surface area (Å²) >= 11 is 0. The van der Waals surface area contributed by atoms with Crippen LogP contribution in [0.2, 0.25) is 0 Å². The van der Waals surface area contributed by atoms with Crippen LogP contribution in [-0.2, 0) is 21.1 Å². The lowest BCUT2D eigenvalue weighted by molar-refractivity contribution is 0.0469. The van der Waals surface area contributed by atoms with Crippen LogP contribution >= 0.6 is 0 Å². The third-order valence-corrected chi connectivity index (χ3v) is 7.18. The number of esters is 1.